The third kappa shape index (κ3) is 4.08. The molecule has 20 heavy (non-hydrogen) atoms. The summed E-state index contributed by atoms with van der Waals surface area (Å²) in [5.41, 5.74) is 0.667. The average Bonchev–Trinajstić information content (AvgIpc) is 2.42. The summed E-state index contributed by atoms with van der Waals surface area (Å²) in [4.78, 5) is 14.5. The van der Waals surface area contributed by atoms with Crippen LogP contribution in [0.1, 0.15) is 5.56 Å². The molecule has 0 aliphatic heterocycles. The number of ether oxygens (including phenoxy) is 1. The number of halogens is 2. The van der Waals surface area contributed by atoms with Crippen LogP contribution in [0.2, 0.25) is 5.02 Å². The van der Waals surface area contributed by atoms with Crippen LogP contribution < -0.4 is 4.74 Å². The smallest absolute Gasteiger partial charge is 0.328 e. The van der Waals surface area contributed by atoms with Crippen LogP contribution in [0.4, 0.5) is 0 Å². The zero-order valence-corrected chi connectivity index (χ0v) is 12.4. The molecule has 0 saturated carbocycles. The normalized spacial score (nSPS) is 10.7. The zero-order valence-electron chi connectivity index (χ0n) is 10.1. The fourth-order valence-electron chi connectivity index (χ4n) is 1.39. The molecule has 2 aromatic rings. The first-order valence-corrected chi connectivity index (χ1v) is 6.71. The SMILES string of the molecule is O=C(O)/C=C/c1ccc(Oc2cc(Br)ccc2Cl)nc1. The van der Waals surface area contributed by atoms with Crippen LogP contribution in [0, 0.1) is 0 Å². The summed E-state index contributed by atoms with van der Waals surface area (Å²) < 4.78 is 6.40. The Morgan fingerprint density at radius 3 is 2.80 bits per heavy atom. The molecule has 0 aliphatic carbocycles. The third-order valence-electron chi connectivity index (χ3n) is 2.29. The number of hydrogen-bond acceptors (Lipinski definition) is 3. The molecule has 2 rings (SSSR count). The lowest BCUT2D eigenvalue weighted by molar-refractivity contribution is -0.131. The van der Waals surface area contributed by atoms with Crippen LogP contribution in [-0.4, -0.2) is 16.1 Å². The molecule has 0 fully saturated rings. The average molecular weight is 355 g/mol. The van der Waals surface area contributed by atoms with Gasteiger partial charge in [-0.2, -0.15) is 0 Å². The molecule has 1 aromatic carbocycles. The Hall–Kier alpha value is -1.85. The Balaban J connectivity index is 2.14. The highest BCUT2D eigenvalue weighted by Crippen LogP contribution is 2.31. The van der Waals surface area contributed by atoms with Crippen LogP contribution in [0.5, 0.6) is 11.6 Å². The number of benzene rings is 1. The van der Waals surface area contributed by atoms with Gasteiger partial charge in [-0.25, -0.2) is 9.78 Å². The molecule has 6 heteroatoms. The Kier molecular flexibility index (Phi) is 4.76. The maximum atomic E-state index is 10.4. The standard InChI is InChI=1S/C14H9BrClNO3/c15-10-3-4-11(16)12(7-10)20-13-5-1-9(8-17-13)2-6-14(18)19/h1-8H,(H,18,19)/b6-2+. The van der Waals surface area contributed by atoms with Crippen LogP contribution in [0.3, 0.4) is 0 Å². The van der Waals surface area contributed by atoms with E-state index in [2.05, 4.69) is 20.9 Å². The second-order valence-electron chi connectivity index (χ2n) is 3.78. The van der Waals surface area contributed by atoms with E-state index in [9.17, 15) is 4.79 Å². The van der Waals surface area contributed by atoms with Crippen LogP contribution in [0.15, 0.2) is 47.1 Å². The molecule has 1 N–H and O–H groups in total. The minimum absolute atomic E-state index is 0.373. The van der Waals surface area contributed by atoms with Crippen molar-refractivity contribution in [1.82, 2.24) is 4.98 Å². The molecular formula is C14H9BrClNO3. The number of nitrogens with zero attached hydrogens (tertiary/aromatic N) is 1. The van der Waals surface area contributed by atoms with Crippen LogP contribution in [0.25, 0.3) is 6.08 Å². The summed E-state index contributed by atoms with van der Waals surface area (Å²) >= 11 is 9.34. The molecule has 0 amide bonds. The van der Waals surface area contributed by atoms with Gasteiger partial charge in [0.25, 0.3) is 0 Å². The summed E-state index contributed by atoms with van der Waals surface area (Å²) in [6, 6.07) is 8.60. The topological polar surface area (TPSA) is 59.4 Å². The van der Waals surface area contributed by atoms with Crippen molar-refractivity contribution in [3.05, 3.63) is 57.7 Å². The first-order chi connectivity index (χ1) is 9.54. The largest absolute Gasteiger partial charge is 0.478 e. The molecule has 4 nitrogen and oxygen atoms in total. The van der Waals surface area contributed by atoms with Crippen molar-refractivity contribution >= 4 is 39.6 Å². The van der Waals surface area contributed by atoms with Gasteiger partial charge in [-0.15, -0.1) is 0 Å². The van der Waals surface area contributed by atoms with Gasteiger partial charge in [-0.1, -0.05) is 27.5 Å². The zero-order chi connectivity index (χ0) is 14.5. The highest BCUT2D eigenvalue weighted by Gasteiger charge is 2.04. The molecule has 102 valence electrons. The van der Waals surface area contributed by atoms with E-state index in [0.29, 0.717) is 22.2 Å². The molecule has 0 atom stereocenters. The number of carboxylic acid groups (broad SMARTS) is 1. The Morgan fingerprint density at radius 2 is 2.15 bits per heavy atom. The van der Waals surface area contributed by atoms with Crippen molar-refractivity contribution in [3.8, 4) is 11.6 Å². The van der Waals surface area contributed by atoms with Gasteiger partial charge in [0, 0.05) is 22.8 Å². The first-order valence-electron chi connectivity index (χ1n) is 5.54. The van der Waals surface area contributed by atoms with E-state index in [1.54, 1.807) is 24.3 Å². The van der Waals surface area contributed by atoms with E-state index >= 15 is 0 Å². The lowest BCUT2D eigenvalue weighted by Crippen LogP contribution is -1.90. The molecule has 0 saturated heterocycles. The summed E-state index contributed by atoms with van der Waals surface area (Å²) in [5.74, 6) is -0.147. The van der Waals surface area contributed by atoms with Crippen molar-refractivity contribution in [3.63, 3.8) is 0 Å². The quantitative estimate of drug-likeness (QED) is 0.827. The number of carbonyl (C=O) groups is 1. The van der Waals surface area contributed by atoms with Gasteiger partial charge >= 0.3 is 5.97 Å². The molecule has 0 unspecified atom stereocenters. The van der Waals surface area contributed by atoms with E-state index in [4.69, 9.17) is 21.4 Å². The lowest BCUT2D eigenvalue weighted by atomic mass is 10.2. The van der Waals surface area contributed by atoms with Gasteiger partial charge in [-0.3, -0.25) is 0 Å². The predicted octanol–water partition coefficient (Wildman–Crippen LogP) is 4.39. The summed E-state index contributed by atoms with van der Waals surface area (Å²) in [6.07, 6.45) is 4.01. The highest BCUT2D eigenvalue weighted by molar-refractivity contribution is 9.10. The Morgan fingerprint density at radius 1 is 1.35 bits per heavy atom. The van der Waals surface area contributed by atoms with Crippen LogP contribution >= 0.6 is 27.5 Å². The van der Waals surface area contributed by atoms with E-state index in [-0.39, 0.29) is 0 Å². The van der Waals surface area contributed by atoms with Gasteiger partial charge in [0.2, 0.25) is 5.88 Å². The van der Waals surface area contributed by atoms with E-state index in [1.165, 1.54) is 12.3 Å². The fraction of sp³-hybridized carbons (Fsp3) is 0. The second-order valence-corrected chi connectivity index (χ2v) is 5.10. The van der Waals surface area contributed by atoms with Crippen molar-refractivity contribution in [1.29, 1.82) is 0 Å². The molecule has 1 heterocycles. The summed E-state index contributed by atoms with van der Waals surface area (Å²) in [5, 5.41) is 9.01. The Labute approximate surface area is 128 Å². The number of rotatable bonds is 4. The van der Waals surface area contributed by atoms with Gasteiger partial charge in [0.1, 0.15) is 5.75 Å². The van der Waals surface area contributed by atoms with Gasteiger partial charge in [-0.05, 0) is 35.9 Å². The monoisotopic (exact) mass is 353 g/mol. The molecule has 0 bridgehead atoms. The van der Waals surface area contributed by atoms with E-state index in [0.717, 1.165) is 10.5 Å². The molecule has 0 aliphatic rings. The predicted molar refractivity (Wildman–Crippen MR) is 80.1 cm³/mol. The lowest BCUT2D eigenvalue weighted by Gasteiger charge is -2.07. The summed E-state index contributed by atoms with van der Waals surface area (Å²) in [6.45, 7) is 0. The molecule has 0 radical (unpaired) electrons. The van der Waals surface area contributed by atoms with Gasteiger partial charge in [0.05, 0.1) is 5.02 Å². The van der Waals surface area contributed by atoms with Gasteiger partial charge < -0.3 is 9.84 Å². The van der Waals surface area contributed by atoms with Crippen LogP contribution in [-0.2, 0) is 4.79 Å². The maximum Gasteiger partial charge on any atom is 0.328 e. The Bertz CT molecular complexity index is 656. The second kappa shape index (κ2) is 6.54. The summed E-state index contributed by atoms with van der Waals surface area (Å²) in [7, 11) is 0. The number of pyridine rings is 1. The van der Waals surface area contributed by atoms with E-state index < -0.39 is 5.97 Å². The molecule has 1 aromatic heterocycles. The fourth-order valence-corrected chi connectivity index (χ4v) is 1.88. The van der Waals surface area contributed by atoms with Crippen molar-refractivity contribution in [2.24, 2.45) is 0 Å². The highest BCUT2D eigenvalue weighted by atomic mass is 79.9. The number of aliphatic carboxylic acids is 1. The number of carboxylic acids is 1. The van der Waals surface area contributed by atoms with Crippen molar-refractivity contribution in [2.45, 2.75) is 0 Å². The number of aromatic nitrogens is 1. The third-order valence-corrected chi connectivity index (χ3v) is 3.09. The van der Waals surface area contributed by atoms with Crippen molar-refractivity contribution < 1.29 is 14.6 Å². The molecular weight excluding hydrogens is 346 g/mol. The van der Waals surface area contributed by atoms with Gasteiger partial charge in [0.15, 0.2) is 0 Å². The maximum absolute atomic E-state index is 10.4. The number of hydrogen-bond donors (Lipinski definition) is 1. The minimum atomic E-state index is -1.01. The van der Waals surface area contributed by atoms with Crippen molar-refractivity contribution in [2.75, 3.05) is 0 Å². The minimum Gasteiger partial charge on any atom is -0.478 e. The van der Waals surface area contributed by atoms with E-state index in [1.807, 2.05) is 6.07 Å². The first kappa shape index (κ1) is 14.6. The molecule has 0 spiro atoms.